The van der Waals surface area contributed by atoms with E-state index in [1.165, 1.54) is 0 Å². The van der Waals surface area contributed by atoms with Crippen LogP contribution in [-0.2, 0) is 11.3 Å². The molecule has 0 bridgehead atoms. The summed E-state index contributed by atoms with van der Waals surface area (Å²) in [5.41, 5.74) is 0. The van der Waals surface area contributed by atoms with Crippen molar-refractivity contribution >= 4 is 16.5 Å². The highest BCUT2D eigenvalue weighted by Crippen LogP contribution is 2.29. The van der Waals surface area contributed by atoms with Crippen LogP contribution in [0.25, 0.3) is 0 Å². The highest BCUT2D eigenvalue weighted by atomic mass is 32.1. The Morgan fingerprint density at radius 1 is 1.39 bits per heavy atom. The maximum absolute atomic E-state index is 8.55. The summed E-state index contributed by atoms with van der Waals surface area (Å²) in [6.45, 7) is 2.48. The average Bonchev–Trinajstić information content (AvgIpc) is 2.77. The van der Waals surface area contributed by atoms with Crippen molar-refractivity contribution in [3.05, 3.63) is 4.88 Å². The van der Waals surface area contributed by atoms with Gasteiger partial charge < -0.3 is 24.8 Å². The molecule has 1 rings (SSSR count). The lowest BCUT2D eigenvalue weighted by molar-refractivity contribution is 0.0938. The van der Waals surface area contributed by atoms with E-state index in [4.69, 9.17) is 14.6 Å². The Hall–Kier alpha value is -0.890. The van der Waals surface area contributed by atoms with E-state index in [-0.39, 0.29) is 6.61 Å². The minimum absolute atomic E-state index is 0.0643. The third-order valence-electron chi connectivity index (χ3n) is 2.17. The average molecular weight is 275 g/mol. The molecule has 2 N–H and O–H groups in total. The van der Waals surface area contributed by atoms with Crippen molar-refractivity contribution in [1.82, 2.24) is 10.3 Å². The molecule has 7 heteroatoms. The second-order valence-electron chi connectivity index (χ2n) is 3.84. The van der Waals surface area contributed by atoms with Crippen LogP contribution in [0.2, 0.25) is 0 Å². The molecule has 0 saturated carbocycles. The first-order chi connectivity index (χ1) is 8.69. The van der Waals surface area contributed by atoms with Gasteiger partial charge in [0, 0.05) is 27.2 Å². The number of aliphatic hydroxyl groups is 1. The zero-order valence-electron chi connectivity index (χ0n) is 11.1. The lowest BCUT2D eigenvalue weighted by Crippen LogP contribution is -2.19. The zero-order chi connectivity index (χ0) is 13.4. The van der Waals surface area contributed by atoms with Gasteiger partial charge in [-0.1, -0.05) is 11.3 Å². The third kappa shape index (κ3) is 4.77. The van der Waals surface area contributed by atoms with Gasteiger partial charge in [0.1, 0.15) is 0 Å². The van der Waals surface area contributed by atoms with E-state index in [1.807, 2.05) is 19.0 Å². The number of nitrogens with one attached hydrogen (secondary N) is 1. The normalized spacial score (nSPS) is 10.7. The summed E-state index contributed by atoms with van der Waals surface area (Å²) in [7, 11) is 5.54. The monoisotopic (exact) mass is 275 g/mol. The first-order valence-corrected chi connectivity index (χ1v) is 6.61. The lowest BCUT2D eigenvalue weighted by Gasteiger charge is -2.05. The smallest absolute Gasteiger partial charge is 0.230 e. The van der Waals surface area contributed by atoms with Crippen molar-refractivity contribution in [2.75, 3.05) is 52.5 Å². The fourth-order valence-electron chi connectivity index (χ4n) is 1.30. The van der Waals surface area contributed by atoms with Crippen LogP contribution in [0.5, 0.6) is 5.88 Å². The van der Waals surface area contributed by atoms with Gasteiger partial charge in [-0.15, -0.1) is 0 Å². The van der Waals surface area contributed by atoms with Gasteiger partial charge in [0.05, 0.1) is 31.8 Å². The number of hydrogen-bond acceptors (Lipinski definition) is 7. The van der Waals surface area contributed by atoms with Gasteiger partial charge in [0.2, 0.25) is 5.88 Å². The summed E-state index contributed by atoms with van der Waals surface area (Å²) in [6.07, 6.45) is 0. The third-order valence-corrected chi connectivity index (χ3v) is 3.37. The Labute approximate surface area is 112 Å². The summed E-state index contributed by atoms with van der Waals surface area (Å²) in [5.74, 6) is 0.674. The highest BCUT2D eigenvalue weighted by Gasteiger charge is 2.12. The number of aromatic nitrogens is 1. The molecular weight excluding hydrogens is 254 g/mol. The standard InChI is InChI=1S/C11H21N3O3S/c1-14(2)11-13-10(16-3)9(18-11)8-12-4-6-17-7-5-15/h12,15H,4-8H2,1-3H3. The molecule has 0 aliphatic heterocycles. The second-order valence-corrected chi connectivity index (χ2v) is 4.90. The molecule has 0 aliphatic rings. The minimum Gasteiger partial charge on any atom is -0.480 e. The molecule has 18 heavy (non-hydrogen) atoms. The zero-order valence-corrected chi connectivity index (χ0v) is 11.9. The number of rotatable bonds is 9. The molecule has 0 atom stereocenters. The number of anilines is 1. The van der Waals surface area contributed by atoms with E-state index in [0.717, 1.165) is 16.6 Å². The fourth-order valence-corrected chi connectivity index (χ4v) is 2.22. The summed E-state index contributed by atoms with van der Waals surface area (Å²) < 4.78 is 10.4. The minimum atomic E-state index is 0.0643. The van der Waals surface area contributed by atoms with Crippen LogP contribution in [0.3, 0.4) is 0 Å². The van der Waals surface area contributed by atoms with E-state index in [9.17, 15) is 0 Å². The molecule has 0 amide bonds. The van der Waals surface area contributed by atoms with E-state index in [1.54, 1.807) is 18.4 Å². The molecule has 0 fully saturated rings. The van der Waals surface area contributed by atoms with Crippen molar-refractivity contribution in [3.8, 4) is 5.88 Å². The Bertz CT molecular complexity index is 344. The summed E-state index contributed by atoms with van der Waals surface area (Å²) in [6, 6.07) is 0. The molecule has 0 saturated heterocycles. The first-order valence-electron chi connectivity index (χ1n) is 5.79. The van der Waals surface area contributed by atoms with E-state index in [2.05, 4.69) is 10.3 Å². The van der Waals surface area contributed by atoms with Crippen LogP contribution in [0.15, 0.2) is 0 Å². The van der Waals surface area contributed by atoms with Crippen LogP contribution in [0, 0.1) is 0 Å². The maximum atomic E-state index is 8.55. The van der Waals surface area contributed by atoms with Gasteiger partial charge >= 0.3 is 0 Å². The quantitative estimate of drug-likeness (QED) is 0.633. The van der Waals surface area contributed by atoms with Gasteiger partial charge in [-0.05, 0) is 0 Å². The van der Waals surface area contributed by atoms with Gasteiger partial charge in [-0.25, -0.2) is 0 Å². The highest BCUT2D eigenvalue weighted by molar-refractivity contribution is 7.15. The van der Waals surface area contributed by atoms with Gasteiger partial charge in [-0.2, -0.15) is 4.98 Å². The predicted molar refractivity (Wildman–Crippen MR) is 72.6 cm³/mol. The van der Waals surface area contributed by atoms with Crippen LogP contribution in [0.1, 0.15) is 4.88 Å². The Balaban J connectivity index is 2.36. The van der Waals surface area contributed by atoms with E-state index < -0.39 is 0 Å². The molecular formula is C11H21N3O3S. The fraction of sp³-hybridized carbons (Fsp3) is 0.727. The van der Waals surface area contributed by atoms with E-state index in [0.29, 0.717) is 25.6 Å². The number of ether oxygens (including phenoxy) is 2. The molecule has 6 nitrogen and oxygen atoms in total. The van der Waals surface area contributed by atoms with Crippen molar-refractivity contribution in [3.63, 3.8) is 0 Å². The van der Waals surface area contributed by atoms with Crippen LogP contribution < -0.4 is 15.0 Å². The molecule has 0 spiro atoms. The SMILES string of the molecule is COc1nc(N(C)C)sc1CNCCOCCO. The predicted octanol–water partition coefficient (Wildman–Crippen LogP) is 0.316. The summed E-state index contributed by atoms with van der Waals surface area (Å²) in [5, 5.41) is 12.7. The van der Waals surface area contributed by atoms with Gasteiger partial charge in [0.25, 0.3) is 0 Å². The van der Waals surface area contributed by atoms with Crippen LogP contribution in [0.4, 0.5) is 5.13 Å². The Morgan fingerprint density at radius 2 is 2.17 bits per heavy atom. The number of thiazole rings is 1. The largest absolute Gasteiger partial charge is 0.480 e. The van der Waals surface area contributed by atoms with E-state index >= 15 is 0 Å². The number of hydrogen-bond donors (Lipinski definition) is 2. The number of aliphatic hydroxyl groups excluding tert-OH is 1. The lowest BCUT2D eigenvalue weighted by atomic mass is 10.5. The van der Waals surface area contributed by atoms with Gasteiger partial charge in [0.15, 0.2) is 5.13 Å². The van der Waals surface area contributed by atoms with Crippen LogP contribution in [-0.4, -0.2) is 57.7 Å². The number of nitrogens with zero attached hydrogens (tertiary/aromatic N) is 2. The second kappa shape index (κ2) is 8.25. The first kappa shape index (κ1) is 15.2. The van der Waals surface area contributed by atoms with Crippen molar-refractivity contribution in [2.24, 2.45) is 0 Å². The van der Waals surface area contributed by atoms with Gasteiger partial charge in [-0.3, -0.25) is 0 Å². The molecule has 0 unspecified atom stereocenters. The molecule has 1 aromatic heterocycles. The van der Waals surface area contributed by atoms with Crippen molar-refractivity contribution < 1.29 is 14.6 Å². The summed E-state index contributed by atoms with van der Waals surface area (Å²) in [4.78, 5) is 7.41. The maximum Gasteiger partial charge on any atom is 0.230 e. The van der Waals surface area contributed by atoms with Crippen molar-refractivity contribution in [1.29, 1.82) is 0 Å². The molecule has 104 valence electrons. The Morgan fingerprint density at radius 3 is 2.78 bits per heavy atom. The number of methoxy groups -OCH3 is 1. The molecule has 0 radical (unpaired) electrons. The van der Waals surface area contributed by atoms with Crippen LogP contribution >= 0.6 is 11.3 Å². The Kier molecular flexibility index (Phi) is 6.96. The molecule has 1 heterocycles. The molecule has 0 aliphatic carbocycles. The molecule has 1 aromatic rings. The summed E-state index contributed by atoms with van der Waals surface area (Å²) >= 11 is 1.61. The molecule has 0 aromatic carbocycles. The van der Waals surface area contributed by atoms with Crippen molar-refractivity contribution in [2.45, 2.75) is 6.54 Å². The topological polar surface area (TPSA) is 66.9 Å².